The second kappa shape index (κ2) is 7.14. The molecule has 0 aromatic heterocycles. The first kappa shape index (κ1) is 18.2. The standard InChI is InChI=1S/C16H13F3O4S/c1-23-12-4-2-3-10(7-12)9-24(22)14-6-5-11(16(17,18)19)8-13(14)15(20)21/h2-8H,9H2,1H3,(H,20,21). The zero-order valence-electron chi connectivity index (χ0n) is 12.5. The van der Waals surface area contributed by atoms with Crippen LogP contribution in [0.5, 0.6) is 5.75 Å². The summed E-state index contributed by atoms with van der Waals surface area (Å²) in [4.78, 5) is 11.1. The molecule has 2 aromatic rings. The van der Waals surface area contributed by atoms with Gasteiger partial charge in [0, 0.05) is 5.56 Å². The summed E-state index contributed by atoms with van der Waals surface area (Å²) >= 11 is -1.82. The van der Waals surface area contributed by atoms with Crippen molar-refractivity contribution in [1.82, 2.24) is 0 Å². The van der Waals surface area contributed by atoms with Gasteiger partial charge in [0.05, 0.1) is 12.7 Å². The molecule has 0 saturated carbocycles. The van der Waals surface area contributed by atoms with E-state index in [2.05, 4.69) is 0 Å². The summed E-state index contributed by atoms with van der Waals surface area (Å²) in [6, 6.07) is 8.84. The van der Waals surface area contributed by atoms with Crippen molar-refractivity contribution in [1.29, 1.82) is 0 Å². The fraction of sp³-hybridized carbons (Fsp3) is 0.188. The molecule has 24 heavy (non-hydrogen) atoms. The van der Waals surface area contributed by atoms with Gasteiger partial charge in [-0.2, -0.15) is 13.2 Å². The highest BCUT2D eigenvalue weighted by Gasteiger charge is 2.33. The number of halogens is 3. The first-order valence-corrected chi connectivity index (χ1v) is 8.00. The molecular weight excluding hydrogens is 345 g/mol. The number of benzene rings is 2. The van der Waals surface area contributed by atoms with Gasteiger partial charge in [0.15, 0.2) is 4.90 Å². The van der Waals surface area contributed by atoms with E-state index in [9.17, 15) is 22.5 Å². The van der Waals surface area contributed by atoms with Crippen LogP contribution in [0.4, 0.5) is 13.2 Å². The van der Waals surface area contributed by atoms with E-state index in [1.54, 1.807) is 24.3 Å². The maximum Gasteiger partial charge on any atom is 0.416 e. The number of methoxy groups -OCH3 is 1. The molecule has 1 atom stereocenters. The molecule has 0 bridgehead atoms. The lowest BCUT2D eigenvalue weighted by molar-refractivity contribution is -0.137. The van der Waals surface area contributed by atoms with Crippen molar-refractivity contribution in [2.75, 3.05) is 7.11 Å². The van der Waals surface area contributed by atoms with E-state index in [4.69, 9.17) is 9.84 Å². The molecule has 0 spiro atoms. The van der Waals surface area contributed by atoms with E-state index in [-0.39, 0.29) is 10.6 Å². The number of ether oxygens (including phenoxy) is 1. The summed E-state index contributed by atoms with van der Waals surface area (Å²) in [5.74, 6) is -1.06. The highest BCUT2D eigenvalue weighted by Crippen LogP contribution is 2.32. The van der Waals surface area contributed by atoms with Crippen molar-refractivity contribution in [3.05, 3.63) is 59.2 Å². The number of rotatable bonds is 5. The zero-order chi connectivity index (χ0) is 17.9. The largest absolute Gasteiger partial charge is 0.611 e. The molecule has 8 heteroatoms. The van der Waals surface area contributed by atoms with E-state index in [0.29, 0.717) is 17.4 Å². The van der Waals surface area contributed by atoms with Crippen molar-refractivity contribution in [2.24, 2.45) is 0 Å². The lowest BCUT2D eigenvalue weighted by Crippen LogP contribution is -2.14. The predicted molar refractivity (Wildman–Crippen MR) is 81.5 cm³/mol. The second-order valence-electron chi connectivity index (χ2n) is 4.86. The van der Waals surface area contributed by atoms with Gasteiger partial charge in [0.1, 0.15) is 17.1 Å². The highest BCUT2D eigenvalue weighted by molar-refractivity contribution is 7.90. The van der Waals surface area contributed by atoms with Crippen molar-refractivity contribution in [3.8, 4) is 5.75 Å². The summed E-state index contributed by atoms with van der Waals surface area (Å²) < 4.78 is 55.6. The number of hydrogen-bond donors (Lipinski definition) is 1. The Balaban J connectivity index is 2.34. The van der Waals surface area contributed by atoms with Crippen LogP contribution in [0.3, 0.4) is 0 Å². The smallest absolute Gasteiger partial charge is 0.416 e. The van der Waals surface area contributed by atoms with Gasteiger partial charge in [-0.05, 0) is 41.5 Å². The van der Waals surface area contributed by atoms with E-state index in [1.807, 2.05) is 0 Å². The van der Waals surface area contributed by atoms with Gasteiger partial charge in [0.2, 0.25) is 0 Å². The lowest BCUT2D eigenvalue weighted by Gasteiger charge is -2.15. The molecule has 0 fully saturated rings. The summed E-state index contributed by atoms with van der Waals surface area (Å²) in [5, 5.41) is 9.13. The molecule has 0 aliphatic heterocycles. The van der Waals surface area contributed by atoms with Crippen molar-refractivity contribution < 1.29 is 32.4 Å². The molecule has 0 aliphatic rings. The van der Waals surface area contributed by atoms with Crippen LogP contribution in [0, 0.1) is 0 Å². The first-order valence-electron chi connectivity index (χ1n) is 6.68. The molecular formula is C16H13F3O4S. The average Bonchev–Trinajstić information content (AvgIpc) is 2.53. The van der Waals surface area contributed by atoms with Crippen molar-refractivity contribution >= 4 is 17.1 Å². The Morgan fingerprint density at radius 2 is 1.96 bits per heavy atom. The zero-order valence-corrected chi connectivity index (χ0v) is 13.3. The van der Waals surface area contributed by atoms with E-state index in [0.717, 1.165) is 12.1 Å². The first-order chi connectivity index (χ1) is 11.2. The van der Waals surface area contributed by atoms with Crippen LogP contribution in [-0.2, 0) is 23.1 Å². The van der Waals surface area contributed by atoms with Crippen molar-refractivity contribution in [3.63, 3.8) is 0 Å². The molecule has 1 unspecified atom stereocenters. The van der Waals surface area contributed by atoms with Gasteiger partial charge in [-0.15, -0.1) is 0 Å². The monoisotopic (exact) mass is 358 g/mol. The van der Waals surface area contributed by atoms with Gasteiger partial charge >= 0.3 is 12.1 Å². The van der Waals surface area contributed by atoms with Crippen LogP contribution in [0.15, 0.2) is 47.4 Å². The van der Waals surface area contributed by atoms with Crippen LogP contribution in [0.2, 0.25) is 0 Å². The van der Waals surface area contributed by atoms with E-state index >= 15 is 0 Å². The Morgan fingerprint density at radius 3 is 2.54 bits per heavy atom. The minimum atomic E-state index is -4.67. The molecule has 1 N–H and O–H groups in total. The van der Waals surface area contributed by atoms with Gasteiger partial charge in [-0.1, -0.05) is 12.1 Å². The minimum absolute atomic E-state index is 0.0388. The highest BCUT2D eigenvalue weighted by atomic mass is 32.2. The SMILES string of the molecule is COc1cccc(C[S+]([O-])c2ccc(C(F)(F)F)cc2C(=O)O)c1. The fourth-order valence-electron chi connectivity index (χ4n) is 2.06. The number of alkyl halides is 3. The van der Waals surface area contributed by atoms with Crippen LogP contribution in [0.1, 0.15) is 21.5 Å². The molecule has 0 radical (unpaired) electrons. The summed E-state index contributed by atoms with van der Waals surface area (Å²) in [6.07, 6.45) is -4.67. The van der Waals surface area contributed by atoms with Crippen LogP contribution in [0.25, 0.3) is 0 Å². The number of hydrogen-bond acceptors (Lipinski definition) is 3. The van der Waals surface area contributed by atoms with Crippen LogP contribution < -0.4 is 4.74 Å². The molecule has 2 aromatic carbocycles. The van der Waals surface area contributed by atoms with Gasteiger partial charge in [0.25, 0.3) is 0 Å². The van der Waals surface area contributed by atoms with E-state index < -0.39 is 34.4 Å². The number of aromatic carboxylic acids is 1. The summed E-state index contributed by atoms with van der Waals surface area (Å²) in [5.41, 5.74) is -1.10. The quantitative estimate of drug-likeness (QED) is 0.827. The number of carboxylic acids is 1. The molecule has 2 rings (SSSR count). The number of carbonyl (C=O) groups is 1. The van der Waals surface area contributed by atoms with Crippen molar-refractivity contribution in [2.45, 2.75) is 16.8 Å². The molecule has 4 nitrogen and oxygen atoms in total. The maximum absolute atomic E-state index is 12.7. The topological polar surface area (TPSA) is 69.6 Å². The molecule has 0 aliphatic carbocycles. The minimum Gasteiger partial charge on any atom is -0.611 e. The van der Waals surface area contributed by atoms with Crippen LogP contribution in [-0.4, -0.2) is 22.7 Å². The Kier molecular flexibility index (Phi) is 5.40. The molecule has 0 saturated heterocycles. The third kappa shape index (κ3) is 4.21. The number of carboxylic acid groups (broad SMARTS) is 1. The second-order valence-corrected chi connectivity index (χ2v) is 6.27. The van der Waals surface area contributed by atoms with Gasteiger partial charge in [-0.25, -0.2) is 4.79 Å². The van der Waals surface area contributed by atoms with Crippen LogP contribution >= 0.6 is 0 Å². The fourth-order valence-corrected chi connectivity index (χ4v) is 3.31. The normalized spacial score (nSPS) is 12.7. The molecule has 0 amide bonds. The Morgan fingerprint density at radius 1 is 1.25 bits per heavy atom. The predicted octanol–water partition coefficient (Wildman–Crippen LogP) is 3.72. The Bertz CT molecular complexity index is 746. The Labute approximate surface area is 139 Å². The lowest BCUT2D eigenvalue weighted by atomic mass is 10.1. The maximum atomic E-state index is 12.7. The third-order valence-electron chi connectivity index (χ3n) is 3.21. The van der Waals surface area contributed by atoms with Gasteiger partial charge < -0.3 is 14.4 Å². The summed E-state index contributed by atoms with van der Waals surface area (Å²) in [6.45, 7) is 0. The molecule has 128 valence electrons. The average molecular weight is 358 g/mol. The van der Waals surface area contributed by atoms with Gasteiger partial charge in [-0.3, -0.25) is 0 Å². The molecule has 0 heterocycles. The van der Waals surface area contributed by atoms with E-state index in [1.165, 1.54) is 7.11 Å². The summed E-state index contributed by atoms with van der Waals surface area (Å²) in [7, 11) is 1.47. The third-order valence-corrected chi connectivity index (χ3v) is 4.66. The Hall–Kier alpha value is -2.19.